The van der Waals surface area contributed by atoms with E-state index in [1.807, 2.05) is 6.92 Å². The number of alkyl halides is 2. The molecule has 0 aliphatic heterocycles. The predicted molar refractivity (Wildman–Crippen MR) is 108 cm³/mol. The molecule has 164 valence electrons. The van der Waals surface area contributed by atoms with Gasteiger partial charge in [0.1, 0.15) is 0 Å². The first-order valence-electron chi connectivity index (χ1n) is 9.58. The molecule has 0 spiro atoms. The van der Waals surface area contributed by atoms with Gasteiger partial charge in [-0.25, -0.2) is 4.99 Å². The van der Waals surface area contributed by atoms with Gasteiger partial charge in [0.2, 0.25) is 0 Å². The Balaban J connectivity index is 1.98. The van der Waals surface area contributed by atoms with Crippen LogP contribution in [0.25, 0.3) is 0 Å². The van der Waals surface area contributed by atoms with Gasteiger partial charge in [-0.2, -0.15) is 8.78 Å². The summed E-state index contributed by atoms with van der Waals surface area (Å²) in [5, 5.41) is 8.83. The summed E-state index contributed by atoms with van der Waals surface area (Å²) in [6, 6.07) is 8.12. The molecule has 0 saturated heterocycles. The first-order valence-corrected chi connectivity index (χ1v) is 9.58. The van der Waals surface area contributed by atoms with Crippen molar-refractivity contribution in [1.82, 2.24) is 16.0 Å². The van der Waals surface area contributed by atoms with Crippen LogP contribution < -0.4 is 25.4 Å². The Bertz CT molecular complexity index is 813. The molecule has 2 rings (SSSR count). The van der Waals surface area contributed by atoms with E-state index in [-0.39, 0.29) is 29.7 Å². The minimum atomic E-state index is -2.97. The van der Waals surface area contributed by atoms with Crippen molar-refractivity contribution in [3.05, 3.63) is 47.9 Å². The molecule has 0 fully saturated rings. The fraction of sp³-hybridized carbons (Fsp3) is 0.400. The van der Waals surface area contributed by atoms with Gasteiger partial charge in [0.25, 0.3) is 5.91 Å². The highest BCUT2D eigenvalue weighted by Gasteiger charge is 2.15. The Labute approximate surface area is 173 Å². The Kier molecular flexibility index (Phi) is 9.43. The molecule has 0 bridgehead atoms. The van der Waals surface area contributed by atoms with Crippen molar-refractivity contribution in [2.75, 3.05) is 26.2 Å². The normalized spacial score (nSPS) is 11.3. The number of aliphatic imine (C=N–C) groups is 1. The van der Waals surface area contributed by atoms with Crippen molar-refractivity contribution in [1.29, 1.82) is 0 Å². The largest absolute Gasteiger partial charge is 0.490 e. The van der Waals surface area contributed by atoms with Crippen molar-refractivity contribution < 1.29 is 27.5 Å². The average molecular weight is 424 g/mol. The Morgan fingerprint density at radius 2 is 1.93 bits per heavy atom. The molecule has 0 atom stereocenters. The third kappa shape index (κ3) is 7.26. The predicted octanol–water partition coefficient (Wildman–Crippen LogP) is 2.76. The van der Waals surface area contributed by atoms with Gasteiger partial charge in [0, 0.05) is 25.2 Å². The summed E-state index contributed by atoms with van der Waals surface area (Å²) >= 11 is 0. The van der Waals surface area contributed by atoms with Crippen molar-refractivity contribution in [2.24, 2.45) is 4.99 Å². The Hall–Kier alpha value is -3.30. The molecule has 0 radical (unpaired) electrons. The highest BCUT2D eigenvalue weighted by molar-refractivity contribution is 5.91. The third-order valence-electron chi connectivity index (χ3n) is 3.77. The van der Waals surface area contributed by atoms with E-state index in [1.54, 1.807) is 37.3 Å². The maximum Gasteiger partial charge on any atom is 0.387 e. The van der Waals surface area contributed by atoms with Crippen LogP contribution in [0.15, 0.2) is 46.0 Å². The number of halogens is 2. The number of rotatable bonds is 11. The SMILES string of the molecule is CCNC(=NCc1cccc(OCC)c1OC(F)F)NCCNC(=O)c1ccco1. The number of carbonyl (C=O) groups is 1. The lowest BCUT2D eigenvalue weighted by molar-refractivity contribution is -0.0520. The second-order valence-corrected chi connectivity index (χ2v) is 5.91. The highest BCUT2D eigenvalue weighted by Crippen LogP contribution is 2.33. The molecule has 1 amide bonds. The number of benzene rings is 1. The number of nitrogens with zero attached hydrogens (tertiary/aromatic N) is 1. The molecule has 0 saturated carbocycles. The van der Waals surface area contributed by atoms with E-state index in [0.29, 0.717) is 37.8 Å². The highest BCUT2D eigenvalue weighted by atomic mass is 19.3. The standard InChI is InChI=1S/C20H26F2N4O4/c1-3-23-20(25-11-10-24-18(27)16-9-6-12-29-16)26-13-14-7-5-8-15(28-4-2)17(14)30-19(21)22/h5-9,12,19H,3-4,10-11,13H2,1-2H3,(H,24,27)(H2,23,25,26). The number of nitrogens with one attached hydrogen (secondary N) is 3. The molecule has 3 N–H and O–H groups in total. The van der Waals surface area contributed by atoms with E-state index in [0.717, 1.165) is 0 Å². The number of carbonyl (C=O) groups excluding carboxylic acids is 1. The smallest absolute Gasteiger partial charge is 0.387 e. The molecule has 2 aromatic rings. The third-order valence-corrected chi connectivity index (χ3v) is 3.77. The number of hydrogen-bond acceptors (Lipinski definition) is 5. The zero-order valence-electron chi connectivity index (χ0n) is 16.9. The van der Waals surface area contributed by atoms with Gasteiger partial charge < -0.3 is 29.8 Å². The van der Waals surface area contributed by atoms with Gasteiger partial charge in [-0.05, 0) is 32.0 Å². The van der Waals surface area contributed by atoms with Crippen LogP contribution in [-0.4, -0.2) is 44.7 Å². The minimum Gasteiger partial charge on any atom is -0.490 e. The first-order chi connectivity index (χ1) is 14.5. The van der Waals surface area contributed by atoms with Crippen molar-refractivity contribution in [3.8, 4) is 11.5 Å². The zero-order valence-corrected chi connectivity index (χ0v) is 16.9. The van der Waals surface area contributed by atoms with E-state index in [4.69, 9.17) is 9.15 Å². The summed E-state index contributed by atoms with van der Waals surface area (Å²) in [7, 11) is 0. The van der Waals surface area contributed by atoms with Crippen LogP contribution in [0.5, 0.6) is 11.5 Å². The number of guanidine groups is 1. The van der Waals surface area contributed by atoms with Crippen LogP contribution in [0.4, 0.5) is 8.78 Å². The van der Waals surface area contributed by atoms with Gasteiger partial charge in [-0.15, -0.1) is 0 Å². The summed E-state index contributed by atoms with van der Waals surface area (Å²) in [5.41, 5.74) is 0.463. The van der Waals surface area contributed by atoms with E-state index >= 15 is 0 Å². The van der Waals surface area contributed by atoms with Crippen molar-refractivity contribution in [2.45, 2.75) is 27.0 Å². The fourth-order valence-electron chi connectivity index (χ4n) is 2.54. The molecule has 10 heteroatoms. The van der Waals surface area contributed by atoms with Crippen LogP contribution in [0.3, 0.4) is 0 Å². The van der Waals surface area contributed by atoms with Crippen LogP contribution in [0.2, 0.25) is 0 Å². The Morgan fingerprint density at radius 1 is 1.13 bits per heavy atom. The van der Waals surface area contributed by atoms with Crippen LogP contribution >= 0.6 is 0 Å². The van der Waals surface area contributed by atoms with Crippen LogP contribution in [-0.2, 0) is 6.54 Å². The van der Waals surface area contributed by atoms with Gasteiger partial charge in [-0.1, -0.05) is 12.1 Å². The molecule has 1 aromatic heterocycles. The van der Waals surface area contributed by atoms with Gasteiger partial charge in [-0.3, -0.25) is 4.79 Å². The lowest BCUT2D eigenvalue weighted by Gasteiger charge is -2.15. The molecule has 8 nitrogen and oxygen atoms in total. The van der Waals surface area contributed by atoms with E-state index in [9.17, 15) is 13.6 Å². The fourth-order valence-corrected chi connectivity index (χ4v) is 2.54. The van der Waals surface area contributed by atoms with Crippen LogP contribution in [0, 0.1) is 0 Å². The molecular weight excluding hydrogens is 398 g/mol. The van der Waals surface area contributed by atoms with Gasteiger partial charge >= 0.3 is 6.61 Å². The average Bonchev–Trinajstić information content (AvgIpc) is 3.26. The van der Waals surface area contributed by atoms with Crippen molar-refractivity contribution >= 4 is 11.9 Å². The topological polar surface area (TPSA) is 97.1 Å². The molecule has 30 heavy (non-hydrogen) atoms. The zero-order chi connectivity index (χ0) is 21.8. The second kappa shape index (κ2) is 12.3. The molecule has 0 aliphatic carbocycles. The van der Waals surface area contributed by atoms with E-state index < -0.39 is 6.61 Å². The first kappa shape index (κ1) is 23.0. The van der Waals surface area contributed by atoms with E-state index in [1.165, 1.54) is 6.26 Å². The van der Waals surface area contributed by atoms with Crippen molar-refractivity contribution in [3.63, 3.8) is 0 Å². The quantitative estimate of drug-likeness (QED) is 0.292. The summed E-state index contributed by atoms with van der Waals surface area (Å²) in [5.74, 6) is 0.597. The number of ether oxygens (including phenoxy) is 2. The van der Waals surface area contributed by atoms with Gasteiger partial charge in [0.05, 0.1) is 19.4 Å². The lowest BCUT2D eigenvalue weighted by Crippen LogP contribution is -2.41. The summed E-state index contributed by atoms with van der Waals surface area (Å²) in [4.78, 5) is 16.2. The maximum absolute atomic E-state index is 12.8. The lowest BCUT2D eigenvalue weighted by atomic mass is 10.2. The summed E-state index contributed by atoms with van der Waals surface area (Å²) in [6.45, 7) is 2.44. The molecule has 1 heterocycles. The summed E-state index contributed by atoms with van der Waals surface area (Å²) in [6.07, 6.45) is 1.43. The van der Waals surface area contributed by atoms with E-state index in [2.05, 4.69) is 25.7 Å². The Morgan fingerprint density at radius 3 is 2.60 bits per heavy atom. The number of amides is 1. The summed E-state index contributed by atoms with van der Waals surface area (Å²) < 4.78 is 40.7. The minimum absolute atomic E-state index is 0.0281. The number of para-hydroxylation sites is 1. The molecule has 1 aromatic carbocycles. The number of hydrogen-bond donors (Lipinski definition) is 3. The second-order valence-electron chi connectivity index (χ2n) is 5.91. The molecule has 0 aliphatic rings. The molecular formula is C20H26F2N4O4. The monoisotopic (exact) mass is 424 g/mol. The van der Waals surface area contributed by atoms with Crippen LogP contribution in [0.1, 0.15) is 30.0 Å². The number of furan rings is 1. The maximum atomic E-state index is 12.8. The van der Waals surface area contributed by atoms with Gasteiger partial charge in [0.15, 0.2) is 23.2 Å². The molecule has 0 unspecified atom stereocenters.